The topological polar surface area (TPSA) is 83.6 Å². The van der Waals surface area contributed by atoms with Crippen molar-refractivity contribution in [2.24, 2.45) is 5.73 Å². The number of nitrogens with two attached hydrogens (primary N) is 1. The third-order valence-electron chi connectivity index (χ3n) is 0.501. The Morgan fingerprint density at radius 2 is 2.00 bits per heavy atom. The summed E-state index contributed by atoms with van der Waals surface area (Å²) in [4.78, 5) is 9.50. The number of carbonyl (C=O) groups excluding carboxylic acids is 1. The van der Waals surface area contributed by atoms with E-state index >= 15 is 0 Å². The molecule has 0 aromatic rings. The molecule has 0 bridgehead atoms. The van der Waals surface area contributed by atoms with E-state index in [0.29, 0.717) is 0 Å². The highest BCUT2D eigenvalue weighted by Crippen LogP contribution is 1.75. The van der Waals surface area contributed by atoms with E-state index in [0.717, 1.165) is 0 Å². The lowest BCUT2D eigenvalue weighted by Gasteiger charge is -2.02. The van der Waals surface area contributed by atoms with Crippen LogP contribution in [0, 0.1) is 0 Å². The third-order valence-corrected chi connectivity index (χ3v) is 0.501. The molecule has 0 saturated heterocycles. The first-order chi connectivity index (χ1) is 3.18. The van der Waals surface area contributed by atoms with Crippen LogP contribution in [0.15, 0.2) is 0 Å². The third kappa shape index (κ3) is 2.27. The molecule has 4 nitrogen and oxygen atoms in total. The highest BCUT2D eigenvalue weighted by molar-refractivity contribution is 5.57. The lowest BCUT2D eigenvalue weighted by atomic mass is 10.3. The Kier molecular flexibility index (Phi) is 2.51. The van der Waals surface area contributed by atoms with E-state index in [4.69, 9.17) is 15.9 Å². The second-order valence-corrected chi connectivity index (χ2v) is 1.13. The van der Waals surface area contributed by atoms with Crippen LogP contribution in [0.2, 0.25) is 0 Å². The van der Waals surface area contributed by atoms with Crippen molar-refractivity contribution in [3.63, 3.8) is 0 Å². The number of aldehydes is 1. The number of rotatable bonds is 2. The fourth-order valence-electron chi connectivity index (χ4n) is 0.0703. The number of aliphatic hydroxyl groups is 2. The number of hydrogen-bond acceptors (Lipinski definition) is 4. The van der Waals surface area contributed by atoms with Crippen molar-refractivity contribution in [1.82, 2.24) is 0 Å². The molecule has 1 atom stereocenters. The number of carbonyl (C=O) groups is 1. The van der Waals surface area contributed by atoms with Crippen LogP contribution in [0.25, 0.3) is 0 Å². The van der Waals surface area contributed by atoms with Crippen molar-refractivity contribution in [3.05, 3.63) is 0 Å². The molecule has 0 aliphatic carbocycles. The van der Waals surface area contributed by atoms with Gasteiger partial charge >= 0.3 is 0 Å². The molecular formula is C3H7NO3. The number of hydrogen-bond donors (Lipinski definition) is 3. The summed E-state index contributed by atoms with van der Waals surface area (Å²) in [5.41, 5.74) is 4.75. The predicted molar refractivity (Wildman–Crippen MR) is 22.3 cm³/mol. The van der Waals surface area contributed by atoms with E-state index in [1.807, 2.05) is 0 Å². The molecular weight excluding hydrogens is 98.0 g/mol. The van der Waals surface area contributed by atoms with E-state index < -0.39 is 12.3 Å². The second kappa shape index (κ2) is 2.68. The molecule has 0 aliphatic rings. The lowest BCUT2D eigenvalue weighted by molar-refractivity contribution is -0.119. The standard InChI is InChI=1S/C3H7NO3/c4-2(1-5)3(6)7/h1-3,6-7H,4H2/t2-/m0/s1. The fourth-order valence-corrected chi connectivity index (χ4v) is 0.0703. The molecule has 0 unspecified atom stereocenters. The van der Waals surface area contributed by atoms with Gasteiger partial charge in [0.05, 0.1) is 0 Å². The molecule has 0 amide bonds. The molecule has 4 N–H and O–H groups in total. The van der Waals surface area contributed by atoms with Crippen LogP contribution in [0.3, 0.4) is 0 Å². The molecule has 0 fully saturated rings. The Hall–Kier alpha value is -0.450. The Morgan fingerprint density at radius 3 is 2.00 bits per heavy atom. The number of aliphatic hydroxyl groups excluding tert-OH is 1. The van der Waals surface area contributed by atoms with Gasteiger partial charge in [-0.15, -0.1) is 0 Å². The molecule has 7 heavy (non-hydrogen) atoms. The molecule has 42 valence electrons. The van der Waals surface area contributed by atoms with Crippen molar-refractivity contribution >= 4 is 6.29 Å². The van der Waals surface area contributed by atoms with Crippen molar-refractivity contribution in [2.45, 2.75) is 12.3 Å². The molecule has 0 spiro atoms. The highest BCUT2D eigenvalue weighted by Gasteiger charge is 2.06. The summed E-state index contributed by atoms with van der Waals surface area (Å²) in [6.45, 7) is 0. The first kappa shape index (κ1) is 6.55. The van der Waals surface area contributed by atoms with Gasteiger partial charge in [-0.1, -0.05) is 0 Å². The van der Waals surface area contributed by atoms with Gasteiger partial charge in [-0.3, -0.25) is 0 Å². The molecule has 0 radical (unpaired) electrons. The zero-order valence-electron chi connectivity index (χ0n) is 3.61. The van der Waals surface area contributed by atoms with Crippen molar-refractivity contribution < 1.29 is 15.0 Å². The highest BCUT2D eigenvalue weighted by atomic mass is 16.5. The molecule has 4 heteroatoms. The average molecular weight is 105 g/mol. The van der Waals surface area contributed by atoms with Gasteiger partial charge in [-0.2, -0.15) is 0 Å². The SMILES string of the molecule is N[C@@H](C=O)C(O)O. The molecule has 0 rings (SSSR count). The summed E-state index contributed by atoms with van der Waals surface area (Å²) in [7, 11) is 0. The largest absolute Gasteiger partial charge is 0.366 e. The van der Waals surface area contributed by atoms with Crippen LogP contribution < -0.4 is 5.73 Å². The molecule has 0 heterocycles. The van der Waals surface area contributed by atoms with Gasteiger partial charge in [0, 0.05) is 0 Å². The zero-order chi connectivity index (χ0) is 5.86. The Balaban J connectivity index is 3.33. The van der Waals surface area contributed by atoms with Gasteiger partial charge in [0.25, 0.3) is 0 Å². The Bertz CT molecular complexity index is 63.2. The predicted octanol–water partition coefficient (Wildman–Crippen LogP) is -2.18. The van der Waals surface area contributed by atoms with Crippen molar-refractivity contribution in [1.29, 1.82) is 0 Å². The second-order valence-electron chi connectivity index (χ2n) is 1.13. The van der Waals surface area contributed by atoms with Crippen LogP contribution >= 0.6 is 0 Å². The minimum Gasteiger partial charge on any atom is -0.366 e. The summed E-state index contributed by atoms with van der Waals surface area (Å²) >= 11 is 0. The first-order valence-corrected chi connectivity index (χ1v) is 1.75. The van der Waals surface area contributed by atoms with Crippen LogP contribution in [0.4, 0.5) is 0 Å². The van der Waals surface area contributed by atoms with Crippen molar-refractivity contribution in [2.75, 3.05) is 0 Å². The average Bonchev–Trinajstić information content (AvgIpc) is 1.65. The first-order valence-electron chi connectivity index (χ1n) is 1.75. The van der Waals surface area contributed by atoms with Crippen LogP contribution in [-0.4, -0.2) is 28.8 Å². The molecule has 0 aliphatic heterocycles. The molecule has 0 saturated carbocycles. The van der Waals surface area contributed by atoms with E-state index in [1.54, 1.807) is 0 Å². The molecule has 0 aromatic heterocycles. The van der Waals surface area contributed by atoms with E-state index in [9.17, 15) is 4.79 Å². The fraction of sp³-hybridized carbons (Fsp3) is 0.667. The minimum atomic E-state index is -1.72. The van der Waals surface area contributed by atoms with Gasteiger partial charge in [0.15, 0.2) is 6.29 Å². The summed E-state index contributed by atoms with van der Waals surface area (Å²) in [5, 5.41) is 16.0. The maximum atomic E-state index is 9.50. The normalized spacial score (nSPS) is 14.3. The molecule has 0 aromatic carbocycles. The summed E-state index contributed by atoms with van der Waals surface area (Å²) in [6.07, 6.45) is -1.46. The van der Waals surface area contributed by atoms with E-state index in [1.165, 1.54) is 0 Å². The van der Waals surface area contributed by atoms with Crippen LogP contribution in [0.5, 0.6) is 0 Å². The van der Waals surface area contributed by atoms with Gasteiger partial charge in [-0.25, -0.2) is 0 Å². The quantitative estimate of drug-likeness (QED) is 0.275. The van der Waals surface area contributed by atoms with E-state index in [2.05, 4.69) is 0 Å². The summed E-state index contributed by atoms with van der Waals surface area (Å²) in [5.74, 6) is 0. The van der Waals surface area contributed by atoms with Gasteiger partial charge in [0.2, 0.25) is 0 Å². The van der Waals surface area contributed by atoms with Gasteiger partial charge < -0.3 is 20.7 Å². The Labute approximate surface area is 40.6 Å². The van der Waals surface area contributed by atoms with Gasteiger partial charge in [0.1, 0.15) is 12.3 Å². The van der Waals surface area contributed by atoms with Crippen LogP contribution in [0.1, 0.15) is 0 Å². The van der Waals surface area contributed by atoms with Crippen molar-refractivity contribution in [3.8, 4) is 0 Å². The monoisotopic (exact) mass is 105 g/mol. The maximum Gasteiger partial charge on any atom is 0.173 e. The van der Waals surface area contributed by atoms with Crippen LogP contribution in [-0.2, 0) is 4.79 Å². The zero-order valence-corrected chi connectivity index (χ0v) is 3.61. The lowest BCUT2D eigenvalue weighted by Crippen LogP contribution is -2.35. The van der Waals surface area contributed by atoms with E-state index in [-0.39, 0.29) is 6.29 Å². The maximum absolute atomic E-state index is 9.50. The summed E-state index contributed by atoms with van der Waals surface area (Å²) in [6, 6.07) is -1.17. The Morgan fingerprint density at radius 1 is 1.57 bits per heavy atom. The minimum absolute atomic E-state index is 0.269. The van der Waals surface area contributed by atoms with Gasteiger partial charge in [-0.05, 0) is 0 Å². The summed E-state index contributed by atoms with van der Waals surface area (Å²) < 4.78 is 0. The smallest absolute Gasteiger partial charge is 0.173 e.